The number of aliphatic hydroxyl groups excluding tert-OH is 1. The largest absolute Gasteiger partial charge is 0.505 e. The predicted molar refractivity (Wildman–Crippen MR) is 45.7 cm³/mol. The third-order valence-electron chi connectivity index (χ3n) is 2.01. The Morgan fingerprint density at radius 3 is 3.17 bits per heavy atom. The van der Waals surface area contributed by atoms with Gasteiger partial charge in [0.1, 0.15) is 0 Å². The van der Waals surface area contributed by atoms with Crippen molar-refractivity contribution in [3.63, 3.8) is 0 Å². The van der Waals surface area contributed by atoms with Gasteiger partial charge in [-0.25, -0.2) is 0 Å². The summed E-state index contributed by atoms with van der Waals surface area (Å²) in [6.07, 6.45) is 5.70. The minimum Gasteiger partial charge on any atom is -0.505 e. The van der Waals surface area contributed by atoms with Gasteiger partial charge in [-0.3, -0.25) is 0 Å². The molecule has 0 bridgehead atoms. The van der Waals surface area contributed by atoms with Gasteiger partial charge in [0, 0.05) is 6.61 Å². The van der Waals surface area contributed by atoms with E-state index in [4.69, 9.17) is 9.47 Å². The SMILES string of the molecule is CO/C=C/C[C@@H]1OCCC[C@@H]1O. The summed E-state index contributed by atoms with van der Waals surface area (Å²) in [5, 5.41) is 9.47. The zero-order valence-electron chi connectivity index (χ0n) is 7.40. The molecule has 1 heterocycles. The number of hydrogen-bond donors (Lipinski definition) is 1. The number of methoxy groups -OCH3 is 1. The van der Waals surface area contributed by atoms with Crippen LogP contribution >= 0.6 is 0 Å². The first-order valence-corrected chi connectivity index (χ1v) is 4.32. The summed E-state index contributed by atoms with van der Waals surface area (Å²) < 4.78 is 10.1. The average molecular weight is 172 g/mol. The third-order valence-corrected chi connectivity index (χ3v) is 2.01. The smallest absolute Gasteiger partial charge is 0.0869 e. The molecule has 0 aliphatic carbocycles. The maximum absolute atomic E-state index is 9.47. The molecule has 0 unspecified atom stereocenters. The second-order valence-corrected chi connectivity index (χ2v) is 2.96. The zero-order valence-corrected chi connectivity index (χ0v) is 7.40. The van der Waals surface area contributed by atoms with Gasteiger partial charge in [-0.15, -0.1) is 0 Å². The van der Waals surface area contributed by atoms with E-state index in [-0.39, 0.29) is 12.2 Å². The molecule has 1 fully saturated rings. The molecule has 0 aromatic heterocycles. The molecule has 3 heteroatoms. The van der Waals surface area contributed by atoms with Gasteiger partial charge in [0.2, 0.25) is 0 Å². The fourth-order valence-corrected chi connectivity index (χ4v) is 1.34. The summed E-state index contributed by atoms with van der Waals surface area (Å²) in [6.45, 7) is 0.766. The van der Waals surface area contributed by atoms with E-state index in [2.05, 4.69) is 0 Å². The first-order chi connectivity index (χ1) is 5.84. The first kappa shape index (κ1) is 9.55. The van der Waals surface area contributed by atoms with Crippen LogP contribution < -0.4 is 0 Å². The minimum absolute atomic E-state index is 0.0369. The first-order valence-electron chi connectivity index (χ1n) is 4.32. The molecule has 1 aliphatic heterocycles. The van der Waals surface area contributed by atoms with Crippen LogP contribution in [-0.4, -0.2) is 31.0 Å². The van der Waals surface area contributed by atoms with E-state index in [1.54, 1.807) is 13.4 Å². The molecule has 1 rings (SSSR count). The molecule has 70 valence electrons. The Morgan fingerprint density at radius 2 is 2.50 bits per heavy atom. The molecule has 0 saturated carbocycles. The van der Waals surface area contributed by atoms with E-state index in [1.165, 1.54) is 0 Å². The van der Waals surface area contributed by atoms with Gasteiger partial charge < -0.3 is 14.6 Å². The van der Waals surface area contributed by atoms with Crippen molar-refractivity contribution in [2.24, 2.45) is 0 Å². The van der Waals surface area contributed by atoms with Crippen molar-refractivity contribution in [2.75, 3.05) is 13.7 Å². The Labute approximate surface area is 73.0 Å². The van der Waals surface area contributed by atoms with Gasteiger partial charge in [-0.1, -0.05) is 0 Å². The van der Waals surface area contributed by atoms with Crippen LogP contribution in [0.3, 0.4) is 0 Å². The lowest BCUT2D eigenvalue weighted by atomic mass is 10.0. The summed E-state index contributed by atoms with van der Waals surface area (Å²) >= 11 is 0. The van der Waals surface area contributed by atoms with Crippen LogP contribution in [0.4, 0.5) is 0 Å². The Balaban J connectivity index is 2.24. The minimum atomic E-state index is -0.305. The highest BCUT2D eigenvalue weighted by Gasteiger charge is 2.22. The normalized spacial score (nSPS) is 30.8. The second-order valence-electron chi connectivity index (χ2n) is 2.96. The summed E-state index contributed by atoms with van der Waals surface area (Å²) in [5.41, 5.74) is 0. The van der Waals surface area contributed by atoms with Crippen molar-refractivity contribution in [2.45, 2.75) is 31.5 Å². The summed E-state index contributed by atoms with van der Waals surface area (Å²) in [4.78, 5) is 0. The lowest BCUT2D eigenvalue weighted by molar-refractivity contribution is -0.0715. The van der Waals surface area contributed by atoms with E-state index in [1.807, 2.05) is 6.08 Å². The van der Waals surface area contributed by atoms with Gasteiger partial charge in [0.05, 0.1) is 25.6 Å². The highest BCUT2D eigenvalue weighted by atomic mass is 16.5. The Morgan fingerprint density at radius 1 is 1.67 bits per heavy atom. The number of rotatable bonds is 3. The summed E-state index contributed by atoms with van der Waals surface area (Å²) in [7, 11) is 1.61. The molecule has 0 amide bonds. The van der Waals surface area contributed by atoms with E-state index in [9.17, 15) is 5.11 Å². The van der Waals surface area contributed by atoms with E-state index >= 15 is 0 Å². The van der Waals surface area contributed by atoms with Crippen molar-refractivity contribution in [3.05, 3.63) is 12.3 Å². The van der Waals surface area contributed by atoms with Crippen LogP contribution in [-0.2, 0) is 9.47 Å². The molecule has 12 heavy (non-hydrogen) atoms. The second kappa shape index (κ2) is 5.17. The highest BCUT2D eigenvalue weighted by Crippen LogP contribution is 2.16. The van der Waals surface area contributed by atoms with Gasteiger partial charge in [-0.05, 0) is 25.3 Å². The Hall–Kier alpha value is -0.540. The molecule has 0 radical (unpaired) electrons. The van der Waals surface area contributed by atoms with Gasteiger partial charge in [0.25, 0.3) is 0 Å². The lowest BCUT2D eigenvalue weighted by Gasteiger charge is -2.26. The molecule has 3 nitrogen and oxygen atoms in total. The fraction of sp³-hybridized carbons (Fsp3) is 0.778. The van der Waals surface area contributed by atoms with Crippen molar-refractivity contribution in [1.29, 1.82) is 0 Å². The monoisotopic (exact) mass is 172 g/mol. The fourth-order valence-electron chi connectivity index (χ4n) is 1.34. The molecule has 0 aromatic rings. The zero-order chi connectivity index (χ0) is 8.81. The van der Waals surface area contributed by atoms with Crippen LogP contribution in [0.15, 0.2) is 12.3 Å². The van der Waals surface area contributed by atoms with Gasteiger partial charge in [0.15, 0.2) is 0 Å². The predicted octanol–water partition coefficient (Wildman–Crippen LogP) is 1.08. The highest BCUT2D eigenvalue weighted by molar-refractivity contribution is 4.83. The van der Waals surface area contributed by atoms with E-state index < -0.39 is 0 Å². The van der Waals surface area contributed by atoms with E-state index in [0.717, 1.165) is 25.9 Å². The third kappa shape index (κ3) is 2.83. The van der Waals surface area contributed by atoms with Crippen LogP contribution in [0, 0.1) is 0 Å². The van der Waals surface area contributed by atoms with Crippen molar-refractivity contribution in [1.82, 2.24) is 0 Å². The lowest BCUT2D eigenvalue weighted by Crippen LogP contribution is -2.33. The molecular formula is C9H16O3. The Kier molecular flexibility index (Phi) is 4.11. The van der Waals surface area contributed by atoms with Crippen molar-refractivity contribution in [3.8, 4) is 0 Å². The number of aliphatic hydroxyl groups is 1. The Bertz CT molecular complexity index is 145. The topological polar surface area (TPSA) is 38.7 Å². The van der Waals surface area contributed by atoms with Crippen LogP contribution in [0.25, 0.3) is 0 Å². The number of ether oxygens (including phenoxy) is 2. The molecule has 0 aromatic carbocycles. The quantitative estimate of drug-likeness (QED) is 0.647. The molecule has 0 spiro atoms. The van der Waals surface area contributed by atoms with Crippen molar-refractivity contribution >= 4 is 0 Å². The molecule has 1 N–H and O–H groups in total. The van der Waals surface area contributed by atoms with Crippen molar-refractivity contribution < 1.29 is 14.6 Å². The summed E-state index contributed by atoms with van der Waals surface area (Å²) in [5.74, 6) is 0. The molecule has 1 saturated heterocycles. The molecule has 2 atom stereocenters. The standard InChI is InChI=1S/C9H16O3/c1-11-6-3-5-9-8(10)4-2-7-12-9/h3,6,8-10H,2,4-5,7H2,1H3/b6-3+/t8-,9-/m0/s1. The van der Waals surface area contributed by atoms with Crippen LogP contribution in [0.2, 0.25) is 0 Å². The average Bonchev–Trinajstić information content (AvgIpc) is 2.09. The maximum Gasteiger partial charge on any atom is 0.0869 e. The molecular weight excluding hydrogens is 156 g/mol. The molecule has 1 aliphatic rings. The van der Waals surface area contributed by atoms with Crippen LogP contribution in [0.1, 0.15) is 19.3 Å². The van der Waals surface area contributed by atoms with E-state index in [0.29, 0.717) is 0 Å². The van der Waals surface area contributed by atoms with Gasteiger partial charge >= 0.3 is 0 Å². The van der Waals surface area contributed by atoms with Gasteiger partial charge in [-0.2, -0.15) is 0 Å². The maximum atomic E-state index is 9.47. The summed E-state index contributed by atoms with van der Waals surface area (Å²) in [6, 6.07) is 0. The van der Waals surface area contributed by atoms with Crippen LogP contribution in [0.5, 0.6) is 0 Å². The number of hydrogen-bond acceptors (Lipinski definition) is 3.